The minimum Gasteiger partial charge on any atom is -0.497 e. The summed E-state index contributed by atoms with van der Waals surface area (Å²) < 4.78 is 39.7. The van der Waals surface area contributed by atoms with E-state index in [0.29, 0.717) is 52.8 Å². The highest BCUT2D eigenvalue weighted by molar-refractivity contribution is 7.91. The summed E-state index contributed by atoms with van der Waals surface area (Å²) in [5.41, 5.74) is 0.0408. The number of hydrogen-bond acceptors (Lipinski definition) is 11. The lowest BCUT2D eigenvalue weighted by Gasteiger charge is -2.26. The van der Waals surface area contributed by atoms with Crippen molar-refractivity contribution in [2.45, 2.75) is 88.0 Å². The number of ether oxygens (including phenoxy) is 2. The maximum absolute atomic E-state index is 14.2. The number of carbonyl (C=O) groups excluding carboxylic acids is 3. The molecule has 2 heterocycles. The minimum atomic E-state index is -3.85. The second kappa shape index (κ2) is 15.5. The number of allylic oxidation sites excluding steroid dienone is 1. The number of fused-ring (bicyclic) bond motifs is 1. The molecule has 284 valence electrons. The summed E-state index contributed by atoms with van der Waals surface area (Å²) in [7, 11) is -0.552. The van der Waals surface area contributed by atoms with Crippen molar-refractivity contribution in [3.8, 4) is 22.5 Å². The molecule has 15 heteroatoms. The van der Waals surface area contributed by atoms with Crippen LogP contribution in [0.1, 0.15) is 76.8 Å². The monoisotopic (exact) mass is 764 g/mol. The third-order valence-electron chi connectivity index (χ3n) is 10.4. The molecule has 3 aliphatic rings. The Morgan fingerprint density at radius 3 is 2.51 bits per heavy atom. The van der Waals surface area contributed by atoms with Gasteiger partial charge in [0.15, 0.2) is 10.8 Å². The fraction of sp³-hybridized carbons (Fsp3) is 0.526. The largest absolute Gasteiger partial charge is 0.497 e. The summed E-state index contributed by atoms with van der Waals surface area (Å²) in [6.45, 7) is 12.2. The Hall–Kier alpha value is -4.37. The third-order valence-corrected chi connectivity index (χ3v) is 13.1. The zero-order valence-electron chi connectivity index (χ0n) is 30.7. The molecule has 0 aliphatic heterocycles. The molecule has 3 aromatic rings. The second-order valence-corrected chi connectivity index (χ2v) is 17.4. The Labute approximate surface area is 314 Å². The van der Waals surface area contributed by atoms with Crippen LogP contribution in [0.4, 0.5) is 0 Å². The molecule has 1 aromatic carbocycles. The average Bonchev–Trinajstić information content (AvgIpc) is 4.02. The van der Waals surface area contributed by atoms with Gasteiger partial charge in [-0.15, -0.1) is 24.5 Å². The zero-order chi connectivity index (χ0) is 38.1. The van der Waals surface area contributed by atoms with Crippen molar-refractivity contribution in [3.63, 3.8) is 0 Å². The molecule has 0 spiro atoms. The number of carbonyl (C=O) groups is 3. The molecule has 0 saturated heterocycles. The highest BCUT2D eigenvalue weighted by atomic mass is 32.2. The standard InChI is InChI=1S/C38H48N6O7S2/c1-7-9-10-11-16-44(5)36(46)29-18-25(17-28(29)33(45)42-38(20-23(38)8-2)37(47)43-53(48,49)26-13-14-26)51-34-27-15-12-24(50-6)19-30(27)39-32(41-34)35-40-31(21-52-35)22(3)4/h7-8,12,15,19,21-23,25-26,28-29H,1-2,9-11,13-14,16-18,20H2,3-6H3,(H,42,45)(H,43,47). The van der Waals surface area contributed by atoms with Gasteiger partial charge in [0.05, 0.1) is 40.8 Å². The molecule has 3 saturated carbocycles. The summed E-state index contributed by atoms with van der Waals surface area (Å²) >= 11 is 1.44. The number of unbranched alkanes of at least 4 members (excludes halogenated alkanes) is 2. The molecule has 3 aliphatic carbocycles. The van der Waals surface area contributed by atoms with Crippen molar-refractivity contribution in [3.05, 3.63) is 54.6 Å². The zero-order valence-corrected chi connectivity index (χ0v) is 32.3. The Kier molecular flexibility index (Phi) is 11.2. The molecule has 5 unspecified atom stereocenters. The van der Waals surface area contributed by atoms with Crippen molar-refractivity contribution >= 4 is 50.0 Å². The molecular formula is C38H48N6O7S2. The van der Waals surface area contributed by atoms with Gasteiger partial charge in [-0.25, -0.2) is 18.4 Å². The quantitative estimate of drug-likeness (QED) is 0.139. The van der Waals surface area contributed by atoms with Gasteiger partial charge in [-0.2, -0.15) is 4.98 Å². The third kappa shape index (κ3) is 8.25. The lowest BCUT2D eigenvalue weighted by molar-refractivity contribution is -0.140. The van der Waals surface area contributed by atoms with Crippen LogP contribution >= 0.6 is 11.3 Å². The Morgan fingerprint density at radius 2 is 1.87 bits per heavy atom. The fourth-order valence-corrected chi connectivity index (χ4v) is 9.19. The van der Waals surface area contributed by atoms with Gasteiger partial charge >= 0.3 is 0 Å². The van der Waals surface area contributed by atoms with Crippen molar-refractivity contribution in [1.29, 1.82) is 0 Å². The van der Waals surface area contributed by atoms with Crippen LogP contribution in [0.2, 0.25) is 0 Å². The van der Waals surface area contributed by atoms with Gasteiger partial charge in [0.25, 0.3) is 5.91 Å². The number of benzene rings is 1. The molecular weight excluding hydrogens is 717 g/mol. The van der Waals surface area contributed by atoms with Gasteiger partial charge in [0.1, 0.15) is 17.4 Å². The summed E-state index contributed by atoms with van der Waals surface area (Å²) in [6.07, 6.45) is 6.82. The molecule has 3 amide bonds. The van der Waals surface area contributed by atoms with E-state index in [2.05, 4.69) is 37.0 Å². The van der Waals surface area contributed by atoms with Crippen LogP contribution in [-0.4, -0.2) is 83.6 Å². The van der Waals surface area contributed by atoms with E-state index >= 15 is 0 Å². The van der Waals surface area contributed by atoms with E-state index in [0.717, 1.165) is 25.0 Å². The van der Waals surface area contributed by atoms with Crippen LogP contribution in [0.25, 0.3) is 21.7 Å². The van der Waals surface area contributed by atoms with Crippen molar-refractivity contribution < 1.29 is 32.3 Å². The van der Waals surface area contributed by atoms with E-state index in [1.54, 1.807) is 37.3 Å². The van der Waals surface area contributed by atoms with Crippen LogP contribution in [0.15, 0.2) is 48.9 Å². The van der Waals surface area contributed by atoms with Crippen LogP contribution < -0.4 is 19.5 Å². The number of amides is 3. The molecule has 6 rings (SSSR count). The smallest absolute Gasteiger partial charge is 0.259 e. The van der Waals surface area contributed by atoms with Crippen LogP contribution in [0.3, 0.4) is 0 Å². The first-order valence-corrected chi connectivity index (χ1v) is 20.6. The maximum Gasteiger partial charge on any atom is 0.259 e. The van der Waals surface area contributed by atoms with E-state index in [1.807, 2.05) is 17.5 Å². The van der Waals surface area contributed by atoms with Crippen molar-refractivity contribution in [2.75, 3.05) is 20.7 Å². The number of nitrogens with one attached hydrogen (secondary N) is 2. The highest BCUT2D eigenvalue weighted by Crippen LogP contribution is 2.47. The summed E-state index contributed by atoms with van der Waals surface area (Å²) in [4.78, 5) is 57.8. The first-order valence-electron chi connectivity index (χ1n) is 18.1. The SMILES string of the molecule is C=CCCCCN(C)C(=O)C1CC(Oc2nc(-c3nc(C(C)C)cs3)nc3cc(OC)ccc23)CC1C(=O)NC1(C(=O)NS(=O)(=O)C2CC2)CC1C=C. The summed E-state index contributed by atoms with van der Waals surface area (Å²) in [5, 5.41) is 5.51. The number of nitrogens with zero attached hydrogens (tertiary/aromatic N) is 4. The van der Waals surface area contributed by atoms with Gasteiger partial charge in [0, 0.05) is 31.0 Å². The average molecular weight is 765 g/mol. The lowest BCUT2D eigenvalue weighted by atomic mass is 9.93. The van der Waals surface area contributed by atoms with E-state index < -0.39 is 56.5 Å². The number of thiazole rings is 1. The molecule has 5 atom stereocenters. The Balaban J connectivity index is 1.29. The van der Waals surface area contributed by atoms with Crippen molar-refractivity contribution in [2.24, 2.45) is 17.8 Å². The first kappa shape index (κ1) is 38.4. The molecule has 13 nitrogen and oxygen atoms in total. The van der Waals surface area contributed by atoms with Crippen LogP contribution in [-0.2, 0) is 24.4 Å². The molecule has 2 aromatic heterocycles. The Morgan fingerprint density at radius 1 is 1.11 bits per heavy atom. The van der Waals surface area contributed by atoms with E-state index in [-0.39, 0.29) is 31.1 Å². The number of rotatable bonds is 17. The minimum absolute atomic E-state index is 0.162. The molecule has 0 radical (unpaired) electrons. The van der Waals surface area contributed by atoms with Crippen LogP contribution in [0.5, 0.6) is 11.6 Å². The van der Waals surface area contributed by atoms with Gasteiger partial charge in [-0.1, -0.05) is 26.0 Å². The van der Waals surface area contributed by atoms with Gasteiger partial charge in [-0.05, 0) is 69.4 Å². The van der Waals surface area contributed by atoms with Gasteiger partial charge < -0.3 is 19.7 Å². The number of methoxy groups -OCH3 is 1. The molecule has 0 bridgehead atoms. The first-order chi connectivity index (χ1) is 25.3. The van der Waals surface area contributed by atoms with Crippen molar-refractivity contribution in [1.82, 2.24) is 29.9 Å². The maximum atomic E-state index is 14.2. The second-order valence-electron chi connectivity index (χ2n) is 14.6. The van der Waals surface area contributed by atoms with Gasteiger partial charge in [0.2, 0.25) is 27.7 Å². The topological polar surface area (TPSA) is 170 Å². The highest BCUT2D eigenvalue weighted by Gasteiger charge is 2.62. The van der Waals surface area contributed by atoms with Crippen LogP contribution in [0, 0.1) is 17.8 Å². The number of aromatic nitrogens is 3. The summed E-state index contributed by atoms with van der Waals surface area (Å²) in [5.74, 6) is -2.08. The Bertz CT molecular complexity index is 2010. The van der Waals surface area contributed by atoms with E-state index in [1.165, 1.54) is 11.3 Å². The molecule has 3 fully saturated rings. The van der Waals surface area contributed by atoms with E-state index in [4.69, 9.17) is 24.4 Å². The lowest BCUT2D eigenvalue weighted by Crippen LogP contribution is -2.54. The molecule has 53 heavy (non-hydrogen) atoms. The predicted octanol–water partition coefficient (Wildman–Crippen LogP) is 5.14. The molecule has 2 N–H and O–H groups in total. The summed E-state index contributed by atoms with van der Waals surface area (Å²) in [6, 6.07) is 5.40. The number of sulfonamides is 1. The fourth-order valence-electron chi connectivity index (χ4n) is 6.91. The predicted molar refractivity (Wildman–Crippen MR) is 203 cm³/mol. The number of hydrogen-bond donors (Lipinski definition) is 2. The normalized spacial score (nSPS) is 23.7. The van der Waals surface area contributed by atoms with E-state index in [9.17, 15) is 22.8 Å². The van der Waals surface area contributed by atoms with Gasteiger partial charge in [-0.3, -0.25) is 19.1 Å².